The summed E-state index contributed by atoms with van der Waals surface area (Å²) >= 11 is 0. The zero-order valence-corrected chi connectivity index (χ0v) is 13.3. The molecule has 0 saturated heterocycles. The van der Waals surface area contributed by atoms with Gasteiger partial charge in [-0.15, -0.1) is 0 Å². The number of amides is 1. The lowest BCUT2D eigenvalue weighted by molar-refractivity contribution is -0.142. The van der Waals surface area contributed by atoms with Crippen molar-refractivity contribution in [2.45, 2.75) is 26.9 Å². The molecule has 1 aliphatic heterocycles. The Morgan fingerprint density at radius 1 is 1.35 bits per heavy atom. The number of ether oxygens (including phenoxy) is 3. The van der Waals surface area contributed by atoms with Crippen molar-refractivity contribution < 1.29 is 28.9 Å². The number of rotatable bonds is 7. The Morgan fingerprint density at radius 3 is 2.78 bits per heavy atom. The summed E-state index contributed by atoms with van der Waals surface area (Å²) in [5.41, 5.74) is 1.10. The third kappa shape index (κ3) is 3.92. The molecule has 1 heterocycles. The van der Waals surface area contributed by atoms with Gasteiger partial charge in [0.1, 0.15) is 0 Å². The van der Waals surface area contributed by atoms with E-state index in [4.69, 9.17) is 14.2 Å². The first-order valence-electron chi connectivity index (χ1n) is 7.60. The van der Waals surface area contributed by atoms with Gasteiger partial charge in [-0.05, 0) is 31.5 Å². The van der Waals surface area contributed by atoms with Gasteiger partial charge in [-0.3, -0.25) is 9.59 Å². The van der Waals surface area contributed by atoms with Gasteiger partial charge in [0.2, 0.25) is 0 Å². The molecule has 0 aromatic heterocycles. The molecule has 0 unspecified atom stereocenters. The molecule has 1 amide bonds. The molecule has 0 spiro atoms. The number of hydrogen-bond donors (Lipinski definition) is 1. The maximum Gasteiger partial charge on any atom is 0.307 e. The third-order valence-corrected chi connectivity index (χ3v) is 3.35. The Hall–Kier alpha value is -2.28. The Balaban J connectivity index is 2.30. The fraction of sp³-hybridized carbons (Fsp3) is 0.500. The minimum absolute atomic E-state index is 0.0896. The maximum absolute atomic E-state index is 12.1. The zero-order chi connectivity index (χ0) is 16.8. The van der Waals surface area contributed by atoms with E-state index in [1.807, 2.05) is 6.92 Å². The van der Waals surface area contributed by atoms with Gasteiger partial charge in [0.15, 0.2) is 18.1 Å². The van der Waals surface area contributed by atoms with Crippen LogP contribution in [0.5, 0.6) is 11.5 Å². The SMILES string of the molecule is CCOC(=O)CCN1C(=O)COc2c(OCC)cc(CO)cc21. The molecule has 23 heavy (non-hydrogen) atoms. The molecule has 0 atom stereocenters. The second-order valence-corrected chi connectivity index (χ2v) is 4.92. The molecule has 0 aliphatic carbocycles. The van der Waals surface area contributed by atoms with E-state index in [0.717, 1.165) is 0 Å². The van der Waals surface area contributed by atoms with E-state index in [-0.39, 0.29) is 38.1 Å². The van der Waals surface area contributed by atoms with Gasteiger partial charge < -0.3 is 24.2 Å². The van der Waals surface area contributed by atoms with Gasteiger partial charge in [0.05, 0.1) is 31.9 Å². The van der Waals surface area contributed by atoms with Crippen molar-refractivity contribution in [1.82, 2.24) is 0 Å². The lowest BCUT2D eigenvalue weighted by Crippen LogP contribution is -2.40. The van der Waals surface area contributed by atoms with Crippen molar-refractivity contribution in [3.63, 3.8) is 0 Å². The Morgan fingerprint density at radius 2 is 2.13 bits per heavy atom. The highest BCUT2D eigenvalue weighted by Crippen LogP contribution is 2.41. The van der Waals surface area contributed by atoms with Crippen LogP contribution < -0.4 is 14.4 Å². The highest BCUT2D eigenvalue weighted by Gasteiger charge is 2.29. The topological polar surface area (TPSA) is 85.3 Å². The van der Waals surface area contributed by atoms with E-state index in [0.29, 0.717) is 36.0 Å². The number of hydrogen-bond acceptors (Lipinski definition) is 6. The molecule has 0 radical (unpaired) electrons. The van der Waals surface area contributed by atoms with Crippen LogP contribution in [0, 0.1) is 0 Å². The van der Waals surface area contributed by atoms with Gasteiger partial charge >= 0.3 is 5.97 Å². The normalized spacial score (nSPS) is 13.3. The van der Waals surface area contributed by atoms with E-state index in [2.05, 4.69) is 0 Å². The van der Waals surface area contributed by atoms with Crippen LogP contribution in [-0.2, 0) is 20.9 Å². The number of benzene rings is 1. The molecule has 0 fully saturated rings. The average molecular weight is 323 g/mol. The van der Waals surface area contributed by atoms with E-state index in [9.17, 15) is 14.7 Å². The predicted octanol–water partition coefficient (Wildman–Crippen LogP) is 1.26. The van der Waals surface area contributed by atoms with Crippen LogP contribution in [0.1, 0.15) is 25.8 Å². The van der Waals surface area contributed by atoms with Crippen LogP contribution in [0.3, 0.4) is 0 Å². The van der Waals surface area contributed by atoms with Crippen molar-refractivity contribution in [2.24, 2.45) is 0 Å². The molecule has 1 aliphatic rings. The van der Waals surface area contributed by atoms with E-state index >= 15 is 0 Å². The molecule has 1 aromatic carbocycles. The van der Waals surface area contributed by atoms with E-state index in [1.165, 1.54) is 4.90 Å². The second-order valence-electron chi connectivity index (χ2n) is 4.92. The molecule has 7 heteroatoms. The number of carbonyl (C=O) groups is 2. The van der Waals surface area contributed by atoms with Gasteiger partial charge in [-0.25, -0.2) is 0 Å². The van der Waals surface area contributed by atoms with Crippen LogP contribution in [0.4, 0.5) is 5.69 Å². The molecule has 126 valence electrons. The largest absolute Gasteiger partial charge is 0.490 e. The molecule has 7 nitrogen and oxygen atoms in total. The number of anilines is 1. The number of aliphatic hydroxyl groups excluding tert-OH is 1. The minimum atomic E-state index is -0.364. The fourth-order valence-corrected chi connectivity index (χ4v) is 2.37. The smallest absolute Gasteiger partial charge is 0.307 e. The zero-order valence-electron chi connectivity index (χ0n) is 13.3. The minimum Gasteiger partial charge on any atom is -0.490 e. The summed E-state index contributed by atoms with van der Waals surface area (Å²) < 4.78 is 15.9. The molecule has 1 aromatic rings. The molecular weight excluding hydrogens is 302 g/mol. The standard InChI is InChI=1S/C16H21NO6/c1-3-21-13-8-11(9-18)7-12-16(13)23-10-14(19)17(12)6-5-15(20)22-4-2/h7-8,18H,3-6,9-10H2,1-2H3. The first-order chi connectivity index (χ1) is 11.1. The lowest BCUT2D eigenvalue weighted by Gasteiger charge is -2.30. The molecule has 1 N–H and O–H groups in total. The molecule has 2 rings (SSSR count). The predicted molar refractivity (Wildman–Crippen MR) is 82.6 cm³/mol. The molecular formula is C16H21NO6. The second kappa shape index (κ2) is 7.82. The maximum atomic E-state index is 12.1. The van der Waals surface area contributed by atoms with Crippen LogP contribution >= 0.6 is 0 Å². The summed E-state index contributed by atoms with van der Waals surface area (Å²) in [6.07, 6.45) is 0.0896. The third-order valence-electron chi connectivity index (χ3n) is 3.35. The summed E-state index contributed by atoms with van der Waals surface area (Å²) in [5.74, 6) is 0.311. The van der Waals surface area contributed by atoms with Gasteiger partial charge in [-0.1, -0.05) is 0 Å². The van der Waals surface area contributed by atoms with Crippen LogP contribution in [0.25, 0.3) is 0 Å². The number of fused-ring (bicyclic) bond motifs is 1. The highest BCUT2D eigenvalue weighted by atomic mass is 16.5. The van der Waals surface area contributed by atoms with Crippen molar-refractivity contribution in [3.05, 3.63) is 17.7 Å². The lowest BCUT2D eigenvalue weighted by atomic mass is 10.1. The summed E-state index contributed by atoms with van der Waals surface area (Å²) in [6.45, 7) is 4.19. The van der Waals surface area contributed by atoms with Crippen molar-refractivity contribution in [2.75, 3.05) is 31.3 Å². The number of aliphatic hydroxyl groups is 1. The van der Waals surface area contributed by atoms with Crippen molar-refractivity contribution in [1.29, 1.82) is 0 Å². The summed E-state index contributed by atoms with van der Waals surface area (Å²) in [6, 6.07) is 3.35. The van der Waals surface area contributed by atoms with Crippen LogP contribution in [-0.4, -0.2) is 43.3 Å². The first kappa shape index (κ1) is 17.1. The van der Waals surface area contributed by atoms with Gasteiger partial charge in [0.25, 0.3) is 5.91 Å². The number of nitrogens with zero attached hydrogens (tertiary/aromatic N) is 1. The van der Waals surface area contributed by atoms with Gasteiger partial charge in [-0.2, -0.15) is 0 Å². The van der Waals surface area contributed by atoms with Crippen LogP contribution in [0.2, 0.25) is 0 Å². The number of esters is 1. The Kier molecular flexibility index (Phi) is 5.81. The van der Waals surface area contributed by atoms with Crippen molar-refractivity contribution >= 4 is 17.6 Å². The quantitative estimate of drug-likeness (QED) is 0.760. The van der Waals surface area contributed by atoms with E-state index < -0.39 is 0 Å². The fourth-order valence-electron chi connectivity index (χ4n) is 2.37. The highest BCUT2D eigenvalue weighted by molar-refractivity contribution is 5.99. The monoisotopic (exact) mass is 323 g/mol. The molecule has 0 saturated carbocycles. The Labute approximate surface area is 134 Å². The van der Waals surface area contributed by atoms with E-state index in [1.54, 1.807) is 19.1 Å². The average Bonchev–Trinajstić information content (AvgIpc) is 2.54. The van der Waals surface area contributed by atoms with Crippen molar-refractivity contribution in [3.8, 4) is 11.5 Å². The first-order valence-corrected chi connectivity index (χ1v) is 7.60. The molecule has 0 bridgehead atoms. The van der Waals surface area contributed by atoms with Crippen LogP contribution in [0.15, 0.2) is 12.1 Å². The summed E-state index contributed by atoms with van der Waals surface area (Å²) in [7, 11) is 0. The summed E-state index contributed by atoms with van der Waals surface area (Å²) in [4.78, 5) is 25.2. The number of carbonyl (C=O) groups excluding carboxylic acids is 2. The summed E-state index contributed by atoms with van der Waals surface area (Å²) in [5, 5.41) is 9.40. The Bertz CT molecular complexity index is 586. The van der Waals surface area contributed by atoms with Gasteiger partial charge in [0, 0.05) is 6.54 Å².